The fraction of sp³-hybridized carbons (Fsp3) is 0.706. The minimum absolute atomic E-state index is 0.136. The molecule has 244 valence electrons. The maximum Gasteiger partial charge on any atom is 0.409 e. The molecule has 0 N–H and O–H groups in total. The number of amides is 3. The van der Waals surface area contributed by atoms with Crippen molar-refractivity contribution < 1.29 is 19.1 Å². The number of carbonyl (C=O) groups is 3. The van der Waals surface area contributed by atoms with Crippen LogP contribution in [0.2, 0.25) is 0 Å². The summed E-state index contributed by atoms with van der Waals surface area (Å²) in [6.07, 6.45) is 9.51. The van der Waals surface area contributed by atoms with Gasteiger partial charge in [0.05, 0.1) is 11.0 Å². The number of nitrogens with zero attached hydrogens (tertiary/aromatic N) is 6. The lowest BCUT2D eigenvalue weighted by Crippen LogP contribution is -2.45. The Morgan fingerprint density at radius 2 is 1.67 bits per heavy atom. The topological polar surface area (TPSA) is 100 Å². The Morgan fingerprint density at radius 1 is 0.889 bits per heavy atom. The summed E-state index contributed by atoms with van der Waals surface area (Å²) in [5.41, 5.74) is 2.64. The van der Waals surface area contributed by atoms with Gasteiger partial charge in [-0.3, -0.25) is 28.5 Å². The molecule has 3 atom stereocenters. The third-order valence-electron chi connectivity index (χ3n) is 11.6. The average molecular weight is 621 g/mol. The number of imide groups is 1. The van der Waals surface area contributed by atoms with Gasteiger partial charge in [-0.1, -0.05) is 12.1 Å². The van der Waals surface area contributed by atoms with Gasteiger partial charge < -0.3 is 14.5 Å². The van der Waals surface area contributed by atoms with Gasteiger partial charge in [-0.25, -0.2) is 9.59 Å². The van der Waals surface area contributed by atoms with E-state index in [0.29, 0.717) is 36.9 Å². The fourth-order valence-electron chi connectivity index (χ4n) is 8.96. The number of benzene rings is 1. The van der Waals surface area contributed by atoms with E-state index in [-0.39, 0.29) is 30.0 Å². The van der Waals surface area contributed by atoms with E-state index >= 15 is 0 Å². The molecule has 0 radical (unpaired) electrons. The van der Waals surface area contributed by atoms with E-state index < -0.39 is 6.04 Å². The molecule has 1 aromatic heterocycles. The summed E-state index contributed by atoms with van der Waals surface area (Å²) in [5, 5.41) is 0. The Morgan fingerprint density at radius 3 is 2.44 bits per heavy atom. The van der Waals surface area contributed by atoms with Crippen molar-refractivity contribution in [1.29, 1.82) is 0 Å². The second kappa shape index (κ2) is 12.5. The Hall–Kier alpha value is -3.18. The molecule has 5 aliphatic heterocycles. The Balaban J connectivity index is 0.919. The van der Waals surface area contributed by atoms with Gasteiger partial charge in [0.15, 0.2) is 0 Å². The van der Waals surface area contributed by atoms with Crippen LogP contribution in [0.15, 0.2) is 23.0 Å². The van der Waals surface area contributed by atoms with Crippen LogP contribution in [-0.2, 0) is 21.4 Å². The number of rotatable bonds is 6. The molecule has 45 heavy (non-hydrogen) atoms. The molecule has 11 heteroatoms. The van der Waals surface area contributed by atoms with Crippen LogP contribution in [0.25, 0.3) is 11.0 Å². The minimum atomic E-state index is -0.653. The molecule has 3 amide bonds. The molecule has 0 bridgehead atoms. The first-order valence-electron chi connectivity index (χ1n) is 17.2. The number of aryl methyl sites for hydroxylation is 1. The highest BCUT2D eigenvalue weighted by Crippen LogP contribution is 2.36. The SMILES string of the molecule is CN1C(=O)CCC(n2c(=O)n(C)c3c(C4CCN(CC5CCN(C(=O)OC[C@@H]6CCC7CCCN76)CC5)CC4)cccc32)C1=O. The number of para-hydroxylation sites is 1. The van der Waals surface area contributed by atoms with Gasteiger partial charge >= 0.3 is 11.8 Å². The predicted octanol–water partition coefficient (Wildman–Crippen LogP) is 3.31. The summed E-state index contributed by atoms with van der Waals surface area (Å²) >= 11 is 0. The molecule has 2 unspecified atom stereocenters. The first kappa shape index (κ1) is 30.5. The monoisotopic (exact) mass is 620 g/mol. The zero-order valence-corrected chi connectivity index (χ0v) is 26.9. The minimum Gasteiger partial charge on any atom is -0.448 e. The Kier molecular flexibility index (Phi) is 8.50. The number of hydrogen-bond acceptors (Lipinski definition) is 7. The quantitative estimate of drug-likeness (QED) is 0.457. The second-order valence-electron chi connectivity index (χ2n) is 14.1. The van der Waals surface area contributed by atoms with Crippen LogP contribution in [0.3, 0.4) is 0 Å². The third-order valence-corrected chi connectivity index (χ3v) is 11.6. The summed E-state index contributed by atoms with van der Waals surface area (Å²) in [5.74, 6) is 0.415. The van der Waals surface area contributed by atoms with Crippen LogP contribution in [-0.4, -0.2) is 112 Å². The molecular weight excluding hydrogens is 572 g/mol. The third kappa shape index (κ3) is 5.71. The lowest BCUT2D eigenvalue weighted by molar-refractivity contribution is -0.149. The number of fused-ring (bicyclic) bond motifs is 2. The van der Waals surface area contributed by atoms with E-state index in [4.69, 9.17) is 4.74 Å². The van der Waals surface area contributed by atoms with Crippen molar-refractivity contribution in [2.45, 2.75) is 88.3 Å². The van der Waals surface area contributed by atoms with Gasteiger partial charge in [0.25, 0.3) is 5.91 Å². The van der Waals surface area contributed by atoms with Crippen molar-refractivity contribution >= 4 is 28.9 Å². The molecule has 0 aliphatic carbocycles. The van der Waals surface area contributed by atoms with Crippen molar-refractivity contribution in [3.05, 3.63) is 34.2 Å². The van der Waals surface area contributed by atoms with E-state index in [1.807, 2.05) is 17.0 Å². The van der Waals surface area contributed by atoms with Crippen molar-refractivity contribution in [1.82, 2.24) is 28.7 Å². The molecule has 6 heterocycles. The van der Waals surface area contributed by atoms with Crippen LogP contribution in [0.1, 0.15) is 81.7 Å². The molecule has 0 spiro atoms. The van der Waals surface area contributed by atoms with Crippen LogP contribution >= 0.6 is 0 Å². The zero-order valence-electron chi connectivity index (χ0n) is 26.9. The molecule has 0 saturated carbocycles. The van der Waals surface area contributed by atoms with Gasteiger partial charge in [-0.15, -0.1) is 0 Å². The highest BCUT2D eigenvalue weighted by Gasteiger charge is 2.38. The summed E-state index contributed by atoms with van der Waals surface area (Å²) in [7, 11) is 3.30. The maximum atomic E-state index is 13.5. The number of imidazole rings is 1. The van der Waals surface area contributed by atoms with E-state index in [1.54, 1.807) is 16.2 Å². The lowest BCUT2D eigenvalue weighted by Gasteiger charge is -2.37. The number of likely N-dealkylation sites (tertiary alicyclic amines) is 3. The van der Waals surface area contributed by atoms with Crippen LogP contribution in [0.5, 0.6) is 0 Å². The number of hydrogen-bond donors (Lipinski definition) is 0. The molecule has 5 fully saturated rings. The number of piperidine rings is 3. The largest absolute Gasteiger partial charge is 0.448 e. The zero-order chi connectivity index (χ0) is 31.2. The Bertz CT molecular complexity index is 1500. The van der Waals surface area contributed by atoms with Crippen LogP contribution < -0.4 is 5.69 Å². The van der Waals surface area contributed by atoms with E-state index in [9.17, 15) is 19.2 Å². The normalized spacial score (nSPS) is 27.6. The molecule has 1 aromatic carbocycles. The summed E-state index contributed by atoms with van der Waals surface area (Å²) in [4.78, 5) is 59.5. The summed E-state index contributed by atoms with van der Waals surface area (Å²) < 4.78 is 9.09. The molecule has 2 aromatic rings. The smallest absolute Gasteiger partial charge is 0.409 e. The molecule has 5 saturated heterocycles. The molecule has 7 rings (SSSR count). The lowest BCUT2D eigenvalue weighted by atomic mass is 9.87. The summed E-state index contributed by atoms with van der Waals surface area (Å²) in [6, 6.07) is 6.54. The first-order valence-corrected chi connectivity index (χ1v) is 17.2. The molecule has 11 nitrogen and oxygen atoms in total. The van der Waals surface area contributed by atoms with E-state index in [1.165, 1.54) is 31.9 Å². The van der Waals surface area contributed by atoms with Crippen molar-refractivity contribution in [2.24, 2.45) is 13.0 Å². The van der Waals surface area contributed by atoms with Gasteiger partial charge in [-0.2, -0.15) is 0 Å². The van der Waals surface area contributed by atoms with E-state index in [0.717, 1.165) is 87.3 Å². The number of likely N-dealkylation sites (N-methyl/N-ethyl adjacent to an activating group) is 1. The van der Waals surface area contributed by atoms with Crippen molar-refractivity contribution in [3.63, 3.8) is 0 Å². The van der Waals surface area contributed by atoms with Crippen LogP contribution in [0.4, 0.5) is 4.79 Å². The standard InChI is InChI=1S/C34H48N6O5/c1-35-30(41)11-10-29(32(35)42)40-28-7-3-6-27(31(28)36(2)33(40)43)24-14-17-37(18-15-24)21-23-12-19-38(20-13-23)34(44)45-22-26-9-8-25-5-4-16-39(25)26/h3,6-7,23-26,29H,4-5,8-22H2,1-2H3/t25?,26-,29?/m0/s1. The first-order chi connectivity index (χ1) is 21.8. The highest BCUT2D eigenvalue weighted by molar-refractivity contribution is 6.00. The molecule has 5 aliphatic rings. The maximum absolute atomic E-state index is 13.5. The van der Waals surface area contributed by atoms with Gasteiger partial charge in [0.1, 0.15) is 12.6 Å². The highest BCUT2D eigenvalue weighted by atomic mass is 16.6. The summed E-state index contributed by atoms with van der Waals surface area (Å²) in [6.45, 7) is 6.31. The predicted molar refractivity (Wildman–Crippen MR) is 170 cm³/mol. The van der Waals surface area contributed by atoms with Crippen molar-refractivity contribution in [3.8, 4) is 0 Å². The number of carbonyl (C=O) groups excluding carboxylic acids is 3. The fourth-order valence-corrected chi connectivity index (χ4v) is 8.96. The van der Waals surface area contributed by atoms with E-state index in [2.05, 4.69) is 15.9 Å². The van der Waals surface area contributed by atoms with Crippen molar-refractivity contribution in [2.75, 3.05) is 52.9 Å². The van der Waals surface area contributed by atoms with Gasteiger partial charge in [0, 0.05) is 52.2 Å². The second-order valence-corrected chi connectivity index (χ2v) is 14.1. The van der Waals surface area contributed by atoms with Gasteiger partial charge in [0.2, 0.25) is 5.91 Å². The molecular formula is C34H48N6O5. The number of aromatic nitrogens is 2. The van der Waals surface area contributed by atoms with Gasteiger partial charge in [-0.05, 0) is 101 Å². The Labute approximate surface area is 265 Å². The number of ether oxygens (including phenoxy) is 1. The van der Waals surface area contributed by atoms with Crippen LogP contribution in [0, 0.1) is 5.92 Å². The average Bonchev–Trinajstić information content (AvgIpc) is 3.75.